The molecule has 0 bridgehead atoms. The van der Waals surface area contributed by atoms with Crippen molar-refractivity contribution in [1.29, 1.82) is 0 Å². The molecule has 4 aliphatic rings. The molecule has 4 fully saturated rings. The number of aliphatic hydroxyl groups excluding tert-OH is 1. The summed E-state index contributed by atoms with van der Waals surface area (Å²) in [7, 11) is 0. The molecule has 1 aromatic rings. The molecule has 5 rings (SSSR count). The maximum Gasteiger partial charge on any atom is 0.199 e. The Kier molecular flexibility index (Phi) is 3.47. The Labute approximate surface area is 147 Å². The van der Waals surface area contributed by atoms with Crippen LogP contribution < -0.4 is 4.74 Å². The van der Waals surface area contributed by atoms with E-state index >= 15 is 0 Å². The first-order valence-electron chi connectivity index (χ1n) is 9.47. The van der Waals surface area contributed by atoms with Gasteiger partial charge >= 0.3 is 0 Å². The number of ether oxygens (including phenoxy) is 3. The lowest BCUT2D eigenvalue weighted by Gasteiger charge is -2.48. The number of rotatable bonds is 5. The van der Waals surface area contributed by atoms with E-state index in [4.69, 9.17) is 14.2 Å². The summed E-state index contributed by atoms with van der Waals surface area (Å²) in [5, 5.41) is 9.42. The van der Waals surface area contributed by atoms with E-state index in [0.29, 0.717) is 19.0 Å². The second-order valence-corrected chi connectivity index (χ2v) is 8.22. The molecule has 25 heavy (non-hydrogen) atoms. The quantitative estimate of drug-likeness (QED) is 0.885. The van der Waals surface area contributed by atoms with E-state index in [0.717, 1.165) is 50.5 Å². The predicted molar refractivity (Wildman–Crippen MR) is 88.7 cm³/mol. The molecule has 0 radical (unpaired) electrons. The molecular formula is C20H25FO4. The molecule has 0 amide bonds. The monoisotopic (exact) mass is 348 g/mol. The Bertz CT molecular complexity index is 684. The summed E-state index contributed by atoms with van der Waals surface area (Å²) in [5.74, 6) is 0.242. The van der Waals surface area contributed by atoms with Gasteiger partial charge in [-0.1, -0.05) is 0 Å². The standard InChI is InChI=1S/C20H25FO4/c21-15-9-14(10-16(11-15)25-17-3-1-2-8-23-17)20-5-4-19(20)12-18(19,6-7-22)13-24-20/h9-11,17,22H,1-8,12-13H2. The molecule has 2 aliphatic carbocycles. The Morgan fingerprint density at radius 3 is 2.88 bits per heavy atom. The average molecular weight is 348 g/mol. The van der Waals surface area contributed by atoms with Crippen LogP contribution in [0.25, 0.3) is 0 Å². The van der Waals surface area contributed by atoms with Gasteiger partial charge in [0.05, 0.1) is 18.8 Å². The van der Waals surface area contributed by atoms with E-state index < -0.39 is 5.60 Å². The smallest absolute Gasteiger partial charge is 0.199 e. The second kappa shape index (κ2) is 5.41. The zero-order valence-corrected chi connectivity index (χ0v) is 14.4. The third kappa shape index (κ3) is 2.09. The van der Waals surface area contributed by atoms with Crippen molar-refractivity contribution in [3.63, 3.8) is 0 Å². The first kappa shape index (κ1) is 16.0. The second-order valence-electron chi connectivity index (χ2n) is 8.22. The molecule has 4 nitrogen and oxygen atoms in total. The van der Waals surface area contributed by atoms with Gasteiger partial charge in [0.2, 0.25) is 0 Å². The summed E-state index contributed by atoms with van der Waals surface area (Å²) in [4.78, 5) is 0. The van der Waals surface area contributed by atoms with Crippen molar-refractivity contribution >= 4 is 0 Å². The van der Waals surface area contributed by atoms with Gasteiger partial charge in [-0.2, -0.15) is 0 Å². The van der Waals surface area contributed by atoms with E-state index in [-0.39, 0.29) is 29.5 Å². The Morgan fingerprint density at radius 1 is 1.24 bits per heavy atom. The van der Waals surface area contributed by atoms with Crippen molar-refractivity contribution in [2.24, 2.45) is 10.8 Å². The van der Waals surface area contributed by atoms with Gasteiger partial charge in [-0.05, 0) is 56.2 Å². The van der Waals surface area contributed by atoms with Crippen LogP contribution in [0.4, 0.5) is 4.39 Å². The summed E-state index contributed by atoms with van der Waals surface area (Å²) in [6.45, 7) is 1.57. The third-order valence-electron chi connectivity index (χ3n) is 7.14. The van der Waals surface area contributed by atoms with Crippen LogP contribution in [0.1, 0.15) is 50.5 Å². The fourth-order valence-corrected chi connectivity index (χ4v) is 5.71. The van der Waals surface area contributed by atoms with Crippen LogP contribution in [0, 0.1) is 16.6 Å². The number of aliphatic hydroxyl groups is 1. The normalized spacial score (nSPS) is 41.6. The molecule has 136 valence electrons. The third-order valence-corrected chi connectivity index (χ3v) is 7.14. The van der Waals surface area contributed by atoms with E-state index in [1.165, 1.54) is 6.07 Å². The molecule has 4 unspecified atom stereocenters. The summed E-state index contributed by atoms with van der Waals surface area (Å²) >= 11 is 0. The van der Waals surface area contributed by atoms with E-state index in [1.54, 1.807) is 6.07 Å². The van der Waals surface area contributed by atoms with Gasteiger partial charge in [0.15, 0.2) is 6.29 Å². The van der Waals surface area contributed by atoms with Crippen LogP contribution in [0.3, 0.4) is 0 Å². The molecule has 1 N–H and O–H groups in total. The zero-order valence-electron chi connectivity index (χ0n) is 14.4. The van der Waals surface area contributed by atoms with Gasteiger partial charge in [-0.15, -0.1) is 0 Å². The fraction of sp³-hybridized carbons (Fsp3) is 0.700. The molecule has 2 heterocycles. The number of halogens is 1. The van der Waals surface area contributed by atoms with E-state index in [1.807, 2.05) is 6.07 Å². The fourth-order valence-electron chi connectivity index (χ4n) is 5.71. The lowest BCUT2D eigenvalue weighted by Crippen LogP contribution is -2.46. The van der Waals surface area contributed by atoms with Crippen molar-refractivity contribution in [1.82, 2.24) is 0 Å². The van der Waals surface area contributed by atoms with E-state index in [9.17, 15) is 9.50 Å². The van der Waals surface area contributed by atoms with Gasteiger partial charge in [0.1, 0.15) is 11.6 Å². The molecule has 2 aliphatic heterocycles. The van der Waals surface area contributed by atoms with Crippen LogP contribution in [0.2, 0.25) is 0 Å². The summed E-state index contributed by atoms with van der Waals surface area (Å²) in [6.07, 6.45) is 6.58. The number of hydrogen-bond donors (Lipinski definition) is 1. The van der Waals surface area contributed by atoms with Crippen LogP contribution >= 0.6 is 0 Å². The van der Waals surface area contributed by atoms with Gasteiger partial charge in [-0.25, -0.2) is 4.39 Å². The molecule has 5 heteroatoms. The lowest BCUT2D eigenvalue weighted by molar-refractivity contribution is -0.126. The van der Waals surface area contributed by atoms with Crippen molar-refractivity contribution in [2.45, 2.75) is 56.8 Å². The molecular weight excluding hydrogens is 323 g/mol. The largest absolute Gasteiger partial charge is 0.465 e. The summed E-state index contributed by atoms with van der Waals surface area (Å²) < 4.78 is 32.1. The van der Waals surface area contributed by atoms with Crippen LogP contribution in [0.15, 0.2) is 18.2 Å². The summed E-state index contributed by atoms with van der Waals surface area (Å²) in [6, 6.07) is 4.98. The highest BCUT2D eigenvalue weighted by Crippen LogP contribution is 2.86. The highest BCUT2D eigenvalue weighted by atomic mass is 19.1. The highest BCUT2D eigenvalue weighted by Gasteiger charge is 2.84. The molecule has 2 saturated carbocycles. The Hall–Kier alpha value is -1.17. The van der Waals surface area contributed by atoms with Crippen LogP contribution in [-0.4, -0.2) is 31.2 Å². The van der Waals surface area contributed by atoms with Crippen molar-refractivity contribution in [2.75, 3.05) is 19.8 Å². The van der Waals surface area contributed by atoms with Crippen molar-refractivity contribution in [3.05, 3.63) is 29.6 Å². The van der Waals surface area contributed by atoms with Crippen LogP contribution in [0.5, 0.6) is 5.75 Å². The first-order valence-corrected chi connectivity index (χ1v) is 9.47. The summed E-state index contributed by atoms with van der Waals surface area (Å²) in [5.41, 5.74) is 0.687. The average Bonchev–Trinajstić information content (AvgIpc) is 3.22. The van der Waals surface area contributed by atoms with Gasteiger partial charge in [-0.3, -0.25) is 0 Å². The SMILES string of the molecule is OCCC12COC3(c4cc(F)cc(OC5CCCCO5)c4)CCC13C2. The molecule has 1 aromatic carbocycles. The minimum atomic E-state index is -0.393. The molecule has 2 saturated heterocycles. The first-order chi connectivity index (χ1) is 12.1. The maximum atomic E-state index is 14.3. The Balaban J connectivity index is 1.43. The Morgan fingerprint density at radius 2 is 2.16 bits per heavy atom. The zero-order chi connectivity index (χ0) is 17.1. The topological polar surface area (TPSA) is 47.9 Å². The minimum Gasteiger partial charge on any atom is -0.465 e. The van der Waals surface area contributed by atoms with Gasteiger partial charge in [0.25, 0.3) is 0 Å². The maximum absolute atomic E-state index is 14.3. The van der Waals surface area contributed by atoms with E-state index in [2.05, 4.69) is 0 Å². The lowest BCUT2D eigenvalue weighted by atomic mass is 9.60. The van der Waals surface area contributed by atoms with Crippen molar-refractivity contribution in [3.8, 4) is 5.75 Å². The van der Waals surface area contributed by atoms with Crippen molar-refractivity contribution < 1.29 is 23.7 Å². The minimum absolute atomic E-state index is 0.0924. The highest BCUT2D eigenvalue weighted by molar-refractivity contribution is 5.44. The molecule has 1 spiro atoms. The number of hydrogen-bond acceptors (Lipinski definition) is 4. The molecule has 0 aromatic heterocycles. The van der Waals surface area contributed by atoms with Gasteiger partial charge in [0, 0.05) is 29.9 Å². The predicted octanol–water partition coefficient (Wildman–Crippen LogP) is 3.51. The van der Waals surface area contributed by atoms with Gasteiger partial charge < -0.3 is 19.3 Å². The van der Waals surface area contributed by atoms with Crippen LogP contribution in [-0.2, 0) is 15.1 Å². The number of benzene rings is 1. The molecule has 4 atom stereocenters.